The third kappa shape index (κ3) is 2.21. The first kappa shape index (κ1) is 10.8. The molecule has 1 N–H and O–H groups in total. The molecule has 4 nitrogen and oxygen atoms in total. The van der Waals surface area contributed by atoms with Crippen LogP contribution in [-0.2, 0) is 0 Å². The van der Waals surface area contributed by atoms with E-state index in [0.29, 0.717) is 6.04 Å². The molecule has 0 radical (unpaired) electrons. The monoisotopic (exact) mass is 233 g/mol. The lowest BCUT2D eigenvalue weighted by Gasteiger charge is -2.07. The molecule has 4 heteroatoms. The standard InChI is InChI=1S/C13H20N4/c1-10(2)9-12-14-13(16-7-3-4-8-16)17(15-12)11-5-6-11/h9,11H,3-8H2,1-2H3/p+1. The summed E-state index contributed by atoms with van der Waals surface area (Å²) in [6.45, 7) is 6.54. The number of nitrogens with zero attached hydrogens (tertiary/aromatic N) is 3. The highest BCUT2D eigenvalue weighted by Gasteiger charge is 2.36. The van der Waals surface area contributed by atoms with Crippen LogP contribution in [0.2, 0.25) is 0 Å². The van der Waals surface area contributed by atoms with E-state index >= 15 is 0 Å². The topological polar surface area (TPSA) is 35.8 Å². The van der Waals surface area contributed by atoms with Crippen molar-refractivity contribution in [2.24, 2.45) is 0 Å². The highest BCUT2D eigenvalue weighted by molar-refractivity contribution is 5.44. The number of nitrogens with one attached hydrogen (secondary N) is 1. The van der Waals surface area contributed by atoms with E-state index in [9.17, 15) is 0 Å². The van der Waals surface area contributed by atoms with Gasteiger partial charge in [0.15, 0.2) is 0 Å². The summed E-state index contributed by atoms with van der Waals surface area (Å²) in [6, 6.07) is 0.664. The summed E-state index contributed by atoms with van der Waals surface area (Å²) < 4.78 is 2.28. The number of aromatic nitrogens is 3. The average Bonchev–Trinajstić information content (AvgIpc) is 2.83. The maximum absolute atomic E-state index is 4.75. The molecule has 3 rings (SSSR count). The first-order valence-electron chi connectivity index (χ1n) is 6.65. The average molecular weight is 233 g/mol. The van der Waals surface area contributed by atoms with Gasteiger partial charge in [-0.25, -0.2) is 5.10 Å². The zero-order chi connectivity index (χ0) is 11.8. The first-order valence-corrected chi connectivity index (χ1v) is 6.65. The van der Waals surface area contributed by atoms with Gasteiger partial charge in [-0.1, -0.05) is 5.57 Å². The van der Waals surface area contributed by atoms with Gasteiger partial charge in [-0.15, -0.1) is 0 Å². The second kappa shape index (κ2) is 4.17. The number of allylic oxidation sites excluding steroid dienone is 1. The predicted molar refractivity (Wildman–Crippen MR) is 67.8 cm³/mol. The van der Waals surface area contributed by atoms with Crippen molar-refractivity contribution in [1.29, 1.82) is 0 Å². The van der Waals surface area contributed by atoms with Crippen LogP contribution < -0.4 is 9.58 Å². The number of hydrogen-bond donors (Lipinski definition) is 1. The summed E-state index contributed by atoms with van der Waals surface area (Å²) in [4.78, 5) is 7.16. The summed E-state index contributed by atoms with van der Waals surface area (Å²) in [6.07, 6.45) is 7.31. The molecule has 0 bridgehead atoms. The fourth-order valence-corrected chi connectivity index (χ4v) is 2.43. The molecule has 0 aromatic carbocycles. The van der Waals surface area contributed by atoms with Crippen LogP contribution in [0.25, 0.3) is 6.08 Å². The molecular weight excluding hydrogens is 212 g/mol. The van der Waals surface area contributed by atoms with Crippen molar-refractivity contribution in [2.75, 3.05) is 18.0 Å². The van der Waals surface area contributed by atoms with Gasteiger partial charge >= 0.3 is 5.95 Å². The van der Waals surface area contributed by atoms with Crippen molar-refractivity contribution in [1.82, 2.24) is 10.1 Å². The van der Waals surface area contributed by atoms with Gasteiger partial charge in [-0.2, -0.15) is 4.68 Å². The van der Waals surface area contributed by atoms with Crippen molar-refractivity contribution in [3.8, 4) is 0 Å². The van der Waals surface area contributed by atoms with E-state index in [-0.39, 0.29) is 0 Å². The maximum Gasteiger partial charge on any atom is 0.414 e. The molecule has 0 spiro atoms. The van der Waals surface area contributed by atoms with Crippen LogP contribution in [0.4, 0.5) is 5.95 Å². The third-order valence-electron chi connectivity index (χ3n) is 3.40. The summed E-state index contributed by atoms with van der Waals surface area (Å²) in [5.74, 6) is 2.15. The highest BCUT2D eigenvalue weighted by Crippen LogP contribution is 2.31. The fraction of sp³-hybridized carbons (Fsp3) is 0.692. The van der Waals surface area contributed by atoms with E-state index in [4.69, 9.17) is 4.98 Å². The van der Waals surface area contributed by atoms with E-state index < -0.39 is 0 Å². The largest absolute Gasteiger partial charge is 0.414 e. The van der Waals surface area contributed by atoms with Crippen LogP contribution in [0, 0.1) is 0 Å². The molecule has 92 valence electrons. The number of H-pyrrole nitrogens is 1. The quantitative estimate of drug-likeness (QED) is 0.811. The lowest BCUT2D eigenvalue weighted by atomic mass is 10.3. The van der Waals surface area contributed by atoms with Crippen LogP contribution in [-0.4, -0.2) is 23.2 Å². The molecule has 1 aliphatic carbocycles. The molecule has 2 heterocycles. The molecule has 0 amide bonds. The molecule has 1 aromatic heterocycles. The van der Waals surface area contributed by atoms with Crippen LogP contribution in [0.5, 0.6) is 0 Å². The van der Waals surface area contributed by atoms with Gasteiger partial charge in [-0.05, 0) is 50.6 Å². The predicted octanol–water partition coefficient (Wildman–Crippen LogP) is 2.06. The Labute approximate surface area is 102 Å². The Balaban J connectivity index is 1.93. The van der Waals surface area contributed by atoms with E-state index in [1.54, 1.807) is 0 Å². The number of hydrogen-bond acceptors (Lipinski definition) is 2. The Morgan fingerprint density at radius 2 is 2.06 bits per heavy atom. The van der Waals surface area contributed by atoms with Crippen LogP contribution in [0.15, 0.2) is 5.57 Å². The van der Waals surface area contributed by atoms with Crippen molar-refractivity contribution in [3.63, 3.8) is 0 Å². The molecular formula is C13H21N4+. The zero-order valence-corrected chi connectivity index (χ0v) is 10.7. The number of aromatic amines is 1. The minimum absolute atomic E-state index is 0.664. The van der Waals surface area contributed by atoms with Crippen LogP contribution in [0.3, 0.4) is 0 Å². The fourth-order valence-electron chi connectivity index (χ4n) is 2.43. The summed E-state index contributed by atoms with van der Waals surface area (Å²) >= 11 is 0. The SMILES string of the molecule is CC(C)=Cc1nc(N2CCCC2)[n+](C2CC2)[nH]1. The molecule has 1 aliphatic heterocycles. The molecule has 1 aromatic rings. The zero-order valence-electron chi connectivity index (χ0n) is 10.7. The van der Waals surface area contributed by atoms with Gasteiger partial charge in [0.1, 0.15) is 6.04 Å². The number of rotatable bonds is 3. The van der Waals surface area contributed by atoms with Crippen LogP contribution >= 0.6 is 0 Å². The minimum Gasteiger partial charge on any atom is -0.260 e. The lowest BCUT2D eigenvalue weighted by molar-refractivity contribution is -0.743. The number of anilines is 1. The molecule has 17 heavy (non-hydrogen) atoms. The van der Waals surface area contributed by atoms with E-state index in [1.165, 1.54) is 31.3 Å². The molecule has 0 unspecified atom stereocenters. The second-order valence-electron chi connectivity index (χ2n) is 5.43. The summed E-state index contributed by atoms with van der Waals surface area (Å²) in [7, 11) is 0. The van der Waals surface area contributed by atoms with Gasteiger partial charge in [0, 0.05) is 0 Å². The van der Waals surface area contributed by atoms with Crippen LogP contribution in [0.1, 0.15) is 51.4 Å². The summed E-state index contributed by atoms with van der Waals surface area (Å²) in [5, 5.41) is 3.44. The normalized spacial score (nSPS) is 19.8. The van der Waals surface area contributed by atoms with Gasteiger partial charge < -0.3 is 0 Å². The summed E-state index contributed by atoms with van der Waals surface area (Å²) in [5.41, 5.74) is 1.29. The molecule has 2 aliphatic rings. The Morgan fingerprint density at radius 1 is 1.35 bits per heavy atom. The van der Waals surface area contributed by atoms with E-state index in [1.807, 2.05) is 0 Å². The highest BCUT2D eigenvalue weighted by atomic mass is 15.5. The Kier molecular flexibility index (Phi) is 2.65. The molecule has 0 atom stereocenters. The van der Waals surface area contributed by atoms with Crippen molar-refractivity contribution < 1.29 is 4.68 Å². The Bertz CT molecular complexity index is 432. The second-order valence-corrected chi connectivity index (χ2v) is 5.43. The first-order chi connectivity index (χ1) is 8.24. The van der Waals surface area contributed by atoms with Gasteiger partial charge in [0.2, 0.25) is 5.82 Å². The van der Waals surface area contributed by atoms with Gasteiger partial charge in [0.25, 0.3) is 0 Å². The van der Waals surface area contributed by atoms with Gasteiger partial charge in [-0.3, -0.25) is 4.90 Å². The lowest BCUT2D eigenvalue weighted by Crippen LogP contribution is -2.41. The third-order valence-corrected chi connectivity index (χ3v) is 3.40. The smallest absolute Gasteiger partial charge is 0.260 e. The molecule has 2 fully saturated rings. The van der Waals surface area contributed by atoms with E-state index in [2.05, 4.69) is 34.6 Å². The maximum atomic E-state index is 4.75. The van der Waals surface area contributed by atoms with E-state index in [0.717, 1.165) is 24.9 Å². The van der Waals surface area contributed by atoms with Gasteiger partial charge in [0.05, 0.1) is 13.1 Å². The Morgan fingerprint density at radius 3 is 2.65 bits per heavy atom. The van der Waals surface area contributed by atoms with Crippen molar-refractivity contribution >= 4 is 12.0 Å². The Hall–Kier alpha value is -1.32. The van der Waals surface area contributed by atoms with Crippen molar-refractivity contribution in [2.45, 2.75) is 45.6 Å². The van der Waals surface area contributed by atoms with Crippen molar-refractivity contribution in [3.05, 3.63) is 11.4 Å². The molecule has 1 saturated carbocycles. The molecule has 1 saturated heterocycles. The minimum atomic E-state index is 0.664.